The second-order valence-electron chi connectivity index (χ2n) is 9.69. The SMILES string of the molecule is COc1c(Nc2cc(C)[nH]n2)nc(Sc2ccc(CC(=O)C3CCCC3)cc2)nc1N1CCCCC1. The number of methoxy groups -OCH3 is 1. The molecule has 1 saturated carbocycles. The molecule has 0 radical (unpaired) electrons. The predicted octanol–water partition coefficient (Wildman–Crippen LogP) is 5.70. The Morgan fingerprint density at radius 3 is 2.53 bits per heavy atom. The molecule has 190 valence electrons. The van der Waals surface area contributed by atoms with Crippen LogP contribution in [-0.4, -0.2) is 46.1 Å². The van der Waals surface area contributed by atoms with Crippen molar-refractivity contribution in [3.8, 4) is 5.75 Å². The van der Waals surface area contributed by atoms with Gasteiger partial charge in [0, 0.05) is 42.1 Å². The van der Waals surface area contributed by atoms with Crippen molar-refractivity contribution in [2.75, 3.05) is 30.4 Å². The molecule has 1 aromatic carbocycles. The molecule has 3 heterocycles. The summed E-state index contributed by atoms with van der Waals surface area (Å²) in [5, 5.41) is 11.2. The highest BCUT2D eigenvalue weighted by Crippen LogP contribution is 2.39. The van der Waals surface area contributed by atoms with E-state index in [1.165, 1.54) is 31.0 Å². The molecule has 2 aliphatic rings. The van der Waals surface area contributed by atoms with Gasteiger partial charge in [0.05, 0.1) is 7.11 Å². The Kier molecular flexibility index (Phi) is 7.75. The maximum absolute atomic E-state index is 12.6. The van der Waals surface area contributed by atoms with Crippen LogP contribution in [0.15, 0.2) is 40.4 Å². The molecule has 0 atom stereocenters. The van der Waals surface area contributed by atoms with Crippen LogP contribution in [0, 0.1) is 12.8 Å². The van der Waals surface area contributed by atoms with E-state index in [0.29, 0.717) is 34.7 Å². The van der Waals surface area contributed by atoms with Crippen LogP contribution < -0.4 is 15.0 Å². The number of aromatic amines is 1. The molecule has 1 aliphatic carbocycles. The van der Waals surface area contributed by atoms with E-state index < -0.39 is 0 Å². The number of rotatable bonds is 9. The van der Waals surface area contributed by atoms with Gasteiger partial charge in [-0.3, -0.25) is 9.89 Å². The van der Waals surface area contributed by atoms with Gasteiger partial charge in [0.25, 0.3) is 0 Å². The number of hydrogen-bond donors (Lipinski definition) is 2. The summed E-state index contributed by atoms with van der Waals surface area (Å²) >= 11 is 1.51. The molecule has 2 fully saturated rings. The first kappa shape index (κ1) is 24.6. The highest BCUT2D eigenvalue weighted by molar-refractivity contribution is 7.99. The van der Waals surface area contributed by atoms with Gasteiger partial charge in [-0.25, -0.2) is 9.97 Å². The third kappa shape index (κ3) is 5.83. The number of hydrogen-bond acceptors (Lipinski definition) is 8. The summed E-state index contributed by atoms with van der Waals surface area (Å²) in [6.45, 7) is 3.85. The summed E-state index contributed by atoms with van der Waals surface area (Å²) in [6.07, 6.45) is 8.50. The molecule has 0 unspecified atom stereocenters. The van der Waals surface area contributed by atoms with Crippen molar-refractivity contribution in [2.24, 2.45) is 5.92 Å². The van der Waals surface area contributed by atoms with Gasteiger partial charge in [-0.15, -0.1) is 0 Å². The number of Topliss-reactive ketones (excluding diaryl/α,β-unsaturated/α-hetero) is 1. The van der Waals surface area contributed by atoms with Crippen molar-refractivity contribution < 1.29 is 9.53 Å². The van der Waals surface area contributed by atoms with Gasteiger partial charge in [-0.2, -0.15) is 5.10 Å². The largest absolute Gasteiger partial charge is 0.490 e. The fourth-order valence-electron chi connectivity index (χ4n) is 5.03. The Hall–Kier alpha value is -3.07. The average molecular weight is 507 g/mol. The summed E-state index contributed by atoms with van der Waals surface area (Å²) in [7, 11) is 1.66. The van der Waals surface area contributed by atoms with E-state index in [0.717, 1.165) is 60.7 Å². The van der Waals surface area contributed by atoms with Gasteiger partial charge in [0.2, 0.25) is 5.75 Å². The molecule has 0 bridgehead atoms. The minimum atomic E-state index is 0.254. The smallest absolute Gasteiger partial charge is 0.204 e. The number of nitrogens with one attached hydrogen (secondary N) is 2. The van der Waals surface area contributed by atoms with Gasteiger partial charge in [-0.05, 0) is 68.5 Å². The molecule has 36 heavy (non-hydrogen) atoms. The fourth-order valence-corrected chi connectivity index (χ4v) is 5.79. The molecule has 5 rings (SSSR count). The molecule has 2 aromatic heterocycles. The number of H-pyrrole nitrogens is 1. The number of benzene rings is 1. The molecule has 8 nitrogen and oxygen atoms in total. The number of aromatic nitrogens is 4. The van der Waals surface area contributed by atoms with Crippen LogP contribution in [-0.2, 0) is 11.2 Å². The summed E-state index contributed by atoms with van der Waals surface area (Å²) in [6, 6.07) is 10.1. The Morgan fingerprint density at radius 1 is 1.11 bits per heavy atom. The van der Waals surface area contributed by atoms with Crippen LogP contribution in [0.3, 0.4) is 0 Å². The molecule has 1 saturated heterocycles. The van der Waals surface area contributed by atoms with Crippen molar-refractivity contribution in [1.29, 1.82) is 0 Å². The van der Waals surface area contributed by atoms with Crippen molar-refractivity contribution in [3.05, 3.63) is 41.6 Å². The standard InChI is InChI=1S/C27H34N6O2S/c1-18-16-23(32-31-18)28-25-24(35-2)26(33-14-6-3-7-15-33)30-27(29-25)36-21-12-10-19(11-13-21)17-22(34)20-8-4-5-9-20/h10-13,16,20H,3-9,14-15,17H2,1-2H3,(H2,28,29,30,31,32). The van der Waals surface area contributed by atoms with Crippen molar-refractivity contribution in [3.63, 3.8) is 0 Å². The highest BCUT2D eigenvalue weighted by atomic mass is 32.2. The lowest BCUT2D eigenvalue weighted by Gasteiger charge is -2.29. The topological polar surface area (TPSA) is 96.0 Å². The lowest BCUT2D eigenvalue weighted by atomic mass is 9.97. The normalized spacial score (nSPS) is 16.3. The van der Waals surface area contributed by atoms with Crippen molar-refractivity contribution in [2.45, 2.75) is 68.3 Å². The Morgan fingerprint density at radius 2 is 1.86 bits per heavy atom. The zero-order valence-corrected chi connectivity index (χ0v) is 21.9. The number of anilines is 3. The first-order valence-corrected chi connectivity index (χ1v) is 13.7. The Balaban J connectivity index is 1.38. The number of ketones is 1. The molecule has 1 aliphatic heterocycles. The minimum Gasteiger partial charge on any atom is -0.490 e. The quantitative estimate of drug-likeness (QED) is 0.357. The number of piperidine rings is 1. The fraction of sp³-hybridized carbons (Fsp3) is 0.481. The summed E-state index contributed by atoms with van der Waals surface area (Å²) in [5.41, 5.74) is 2.03. The lowest BCUT2D eigenvalue weighted by molar-refractivity contribution is -0.122. The molecular formula is C27H34N6O2S. The number of carbonyl (C=O) groups excluding carboxylic acids is 1. The number of ether oxygens (including phenoxy) is 1. The van der Waals surface area contributed by atoms with E-state index in [4.69, 9.17) is 14.7 Å². The van der Waals surface area contributed by atoms with E-state index in [1.54, 1.807) is 7.11 Å². The minimum absolute atomic E-state index is 0.254. The molecule has 3 aromatic rings. The van der Waals surface area contributed by atoms with Gasteiger partial charge in [0.15, 0.2) is 22.6 Å². The summed E-state index contributed by atoms with van der Waals surface area (Å²) in [5.74, 6) is 3.35. The third-order valence-corrected chi connectivity index (χ3v) is 7.83. The molecular weight excluding hydrogens is 472 g/mol. The highest BCUT2D eigenvalue weighted by Gasteiger charge is 2.24. The maximum atomic E-state index is 12.6. The summed E-state index contributed by atoms with van der Waals surface area (Å²) < 4.78 is 5.80. The first-order chi connectivity index (χ1) is 17.6. The van der Waals surface area contributed by atoms with E-state index in [2.05, 4.69) is 44.7 Å². The summed E-state index contributed by atoms with van der Waals surface area (Å²) in [4.78, 5) is 25.6. The van der Waals surface area contributed by atoms with E-state index in [9.17, 15) is 4.79 Å². The zero-order valence-electron chi connectivity index (χ0n) is 21.0. The van der Waals surface area contributed by atoms with Crippen LogP contribution in [0.2, 0.25) is 0 Å². The predicted molar refractivity (Wildman–Crippen MR) is 142 cm³/mol. The van der Waals surface area contributed by atoms with Crippen LogP contribution in [0.1, 0.15) is 56.2 Å². The second kappa shape index (κ2) is 11.3. The van der Waals surface area contributed by atoms with E-state index in [1.807, 2.05) is 13.0 Å². The number of nitrogens with zero attached hydrogens (tertiary/aromatic N) is 4. The van der Waals surface area contributed by atoms with Gasteiger partial charge >= 0.3 is 0 Å². The third-order valence-electron chi connectivity index (χ3n) is 6.96. The van der Waals surface area contributed by atoms with Crippen LogP contribution >= 0.6 is 11.8 Å². The molecule has 0 amide bonds. The molecule has 0 spiro atoms. The van der Waals surface area contributed by atoms with Gasteiger partial charge < -0.3 is 15.0 Å². The van der Waals surface area contributed by atoms with Crippen LogP contribution in [0.25, 0.3) is 0 Å². The number of aryl methyl sites for hydroxylation is 1. The van der Waals surface area contributed by atoms with Crippen LogP contribution in [0.4, 0.5) is 17.5 Å². The van der Waals surface area contributed by atoms with E-state index >= 15 is 0 Å². The zero-order chi connectivity index (χ0) is 24.9. The Bertz CT molecular complexity index is 1180. The average Bonchev–Trinajstić information content (AvgIpc) is 3.58. The number of carbonyl (C=O) groups is 1. The van der Waals surface area contributed by atoms with Gasteiger partial charge in [-0.1, -0.05) is 25.0 Å². The van der Waals surface area contributed by atoms with Crippen LogP contribution in [0.5, 0.6) is 5.75 Å². The van der Waals surface area contributed by atoms with Crippen molar-refractivity contribution >= 4 is 35.0 Å². The molecule has 2 N–H and O–H groups in total. The monoisotopic (exact) mass is 506 g/mol. The Labute approximate surface area is 216 Å². The lowest BCUT2D eigenvalue weighted by Crippen LogP contribution is -2.31. The maximum Gasteiger partial charge on any atom is 0.204 e. The van der Waals surface area contributed by atoms with Crippen molar-refractivity contribution in [1.82, 2.24) is 20.2 Å². The van der Waals surface area contributed by atoms with E-state index in [-0.39, 0.29) is 5.92 Å². The first-order valence-electron chi connectivity index (χ1n) is 12.9. The molecule has 9 heteroatoms. The second-order valence-corrected chi connectivity index (χ2v) is 10.7. The van der Waals surface area contributed by atoms with Gasteiger partial charge in [0.1, 0.15) is 5.78 Å².